The van der Waals surface area contributed by atoms with Gasteiger partial charge >= 0.3 is 0 Å². The molecule has 0 amide bonds. The SMILES string of the molecule is CC12CCC3C(C(=O)CC4CCCCC43C)C1CCC2CCC#N. The molecular formula is C22H33NO. The summed E-state index contributed by atoms with van der Waals surface area (Å²) < 4.78 is 0. The van der Waals surface area contributed by atoms with Crippen LogP contribution < -0.4 is 0 Å². The van der Waals surface area contributed by atoms with Crippen molar-refractivity contribution in [2.45, 2.75) is 84.5 Å². The first-order valence-corrected chi connectivity index (χ1v) is 10.4. The molecule has 0 aromatic carbocycles. The van der Waals surface area contributed by atoms with Gasteiger partial charge in [-0.05, 0) is 79.4 Å². The summed E-state index contributed by atoms with van der Waals surface area (Å²) in [5, 5.41) is 9.00. The van der Waals surface area contributed by atoms with E-state index in [1.807, 2.05) is 0 Å². The maximum Gasteiger partial charge on any atom is 0.136 e. The van der Waals surface area contributed by atoms with Gasteiger partial charge in [-0.1, -0.05) is 26.7 Å². The predicted molar refractivity (Wildman–Crippen MR) is 95.1 cm³/mol. The highest BCUT2D eigenvalue weighted by Crippen LogP contribution is 2.67. The van der Waals surface area contributed by atoms with Gasteiger partial charge in [-0.25, -0.2) is 0 Å². The fourth-order valence-corrected chi connectivity index (χ4v) is 7.78. The number of carbonyl (C=O) groups is 1. The summed E-state index contributed by atoms with van der Waals surface area (Å²) >= 11 is 0. The van der Waals surface area contributed by atoms with Crippen LogP contribution in [-0.2, 0) is 4.79 Å². The average molecular weight is 328 g/mol. The Morgan fingerprint density at radius 3 is 2.62 bits per heavy atom. The second kappa shape index (κ2) is 5.86. The molecule has 0 aromatic heterocycles. The van der Waals surface area contributed by atoms with E-state index in [4.69, 9.17) is 5.26 Å². The van der Waals surface area contributed by atoms with Gasteiger partial charge in [0.2, 0.25) is 0 Å². The zero-order chi connectivity index (χ0) is 16.9. The molecule has 4 aliphatic rings. The Hall–Kier alpha value is -0.840. The Morgan fingerprint density at radius 1 is 1.04 bits per heavy atom. The molecule has 0 radical (unpaired) electrons. The molecule has 7 unspecified atom stereocenters. The first kappa shape index (κ1) is 16.6. The Kier molecular flexibility index (Phi) is 4.06. The van der Waals surface area contributed by atoms with E-state index in [1.165, 1.54) is 51.4 Å². The van der Waals surface area contributed by atoms with E-state index in [-0.39, 0.29) is 0 Å². The fourth-order valence-electron chi connectivity index (χ4n) is 7.78. The summed E-state index contributed by atoms with van der Waals surface area (Å²) in [5.41, 5.74) is 0.758. The first-order valence-electron chi connectivity index (χ1n) is 10.4. The standard InChI is InChI=1S/C22H33NO/c1-21-11-4-3-6-16(21)14-19(24)20-17-9-8-15(7-5-13-23)22(17,2)12-10-18(20)21/h15-18,20H,3-12,14H2,1-2H3. The lowest BCUT2D eigenvalue weighted by atomic mass is 9.44. The lowest BCUT2D eigenvalue weighted by molar-refractivity contribution is -0.155. The smallest absolute Gasteiger partial charge is 0.136 e. The number of nitriles is 1. The fraction of sp³-hybridized carbons (Fsp3) is 0.909. The summed E-state index contributed by atoms with van der Waals surface area (Å²) in [7, 11) is 0. The highest BCUT2D eigenvalue weighted by Gasteiger charge is 2.61. The molecule has 132 valence electrons. The minimum absolute atomic E-state index is 0.325. The van der Waals surface area contributed by atoms with E-state index in [0.717, 1.165) is 12.8 Å². The summed E-state index contributed by atoms with van der Waals surface area (Å²) in [5.74, 6) is 3.55. The Labute approximate surface area is 147 Å². The van der Waals surface area contributed by atoms with E-state index in [2.05, 4.69) is 19.9 Å². The monoisotopic (exact) mass is 327 g/mol. The average Bonchev–Trinajstić information content (AvgIpc) is 2.90. The number of nitrogens with zero attached hydrogens (tertiary/aromatic N) is 1. The normalized spacial score (nSPS) is 50.5. The van der Waals surface area contributed by atoms with E-state index in [0.29, 0.717) is 52.6 Å². The quantitative estimate of drug-likeness (QED) is 0.670. The second-order valence-corrected chi connectivity index (χ2v) is 9.87. The summed E-state index contributed by atoms with van der Waals surface area (Å²) in [6.07, 6.45) is 13.0. The van der Waals surface area contributed by atoms with Crippen LogP contribution in [0.5, 0.6) is 0 Å². The number of hydrogen-bond donors (Lipinski definition) is 0. The summed E-state index contributed by atoms with van der Waals surface area (Å²) in [4.78, 5) is 13.2. The van der Waals surface area contributed by atoms with Gasteiger partial charge in [-0.15, -0.1) is 0 Å². The molecule has 7 atom stereocenters. The third-order valence-electron chi connectivity index (χ3n) is 9.19. The van der Waals surface area contributed by atoms with Gasteiger partial charge < -0.3 is 0 Å². The molecule has 0 spiro atoms. The molecular weight excluding hydrogens is 294 g/mol. The predicted octanol–water partition coefficient (Wildman–Crippen LogP) is 5.52. The van der Waals surface area contributed by atoms with Crippen LogP contribution in [0.3, 0.4) is 0 Å². The van der Waals surface area contributed by atoms with E-state index in [1.54, 1.807) is 0 Å². The van der Waals surface area contributed by atoms with Gasteiger partial charge in [0.1, 0.15) is 5.78 Å². The number of fused-ring (bicyclic) bond motifs is 5. The van der Waals surface area contributed by atoms with Crippen LogP contribution >= 0.6 is 0 Å². The maximum atomic E-state index is 13.2. The van der Waals surface area contributed by atoms with Crippen LogP contribution in [0.2, 0.25) is 0 Å². The van der Waals surface area contributed by atoms with Crippen molar-refractivity contribution in [1.82, 2.24) is 0 Å². The zero-order valence-electron chi connectivity index (χ0n) is 15.5. The molecule has 0 N–H and O–H groups in total. The molecule has 0 saturated heterocycles. The van der Waals surface area contributed by atoms with Crippen LogP contribution in [0.15, 0.2) is 0 Å². The zero-order valence-corrected chi connectivity index (χ0v) is 15.5. The van der Waals surface area contributed by atoms with E-state index >= 15 is 0 Å². The molecule has 4 saturated carbocycles. The molecule has 0 aliphatic heterocycles. The highest BCUT2D eigenvalue weighted by molar-refractivity contribution is 5.83. The van der Waals surface area contributed by atoms with Crippen molar-refractivity contribution in [1.29, 1.82) is 5.26 Å². The first-order chi connectivity index (χ1) is 11.5. The third-order valence-corrected chi connectivity index (χ3v) is 9.19. The van der Waals surface area contributed by atoms with Crippen molar-refractivity contribution in [3.05, 3.63) is 0 Å². The van der Waals surface area contributed by atoms with Crippen LogP contribution in [-0.4, -0.2) is 5.78 Å². The molecule has 4 rings (SSSR count). The number of hydrogen-bond acceptors (Lipinski definition) is 2. The summed E-state index contributed by atoms with van der Waals surface area (Å²) in [6.45, 7) is 5.00. The molecule has 4 aliphatic carbocycles. The van der Waals surface area contributed by atoms with E-state index in [9.17, 15) is 4.79 Å². The van der Waals surface area contributed by atoms with Gasteiger partial charge in [0.05, 0.1) is 6.07 Å². The summed E-state index contributed by atoms with van der Waals surface area (Å²) in [6, 6.07) is 2.35. The third kappa shape index (κ3) is 2.23. The van der Waals surface area contributed by atoms with Crippen molar-refractivity contribution >= 4 is 5.78 Å². The number of Topliss-reactive ketones (excluding diaryl/α,β-unsaturated/α-hetero) is 1. The molecule has 2 nitrogen and oxygen atoms in total. The molecule has 0 aromatic rings. The lowest BCUT2D eigenvalue weighted by Gasteiger charge is -2.59. The van der Waals surface area contributed by atoms with Gasteiger partial charge in [0.15, 0.2) is 0 Å². The minimum atomic E-state index is 0.325. The van der Waals surface area contributed by atoms with E-state index < -0.39 is 0 Å². The lowest BCUT2D eigenvalue weighted by Crippen LogP contribution is -2.56. The second-order valence-electron chi connectivity index (χ2n) is 9.87. The van der Waals surface area contributed by atoms with Gasteiger partial charge in [0.25, 0.3) is 0 Å². The maximum absolute atomic E-state index is 13.2. The number of rotatable bonds is 2. The van der Waals surface area contributed by atoms with Crippen molar-refractivity contribution in [3.8, 4) is 6.07 Å². The topological polar surface area (TPSA) is 40.9 Å². The van der Waals surface area contributed by atoms with Crippen LogP contribution in [0.4, 0.5) is 0 Å². The molecule has 0 heterocycles. The van der Waals surface area contributed by atoms with Crippen molar-refractivity contribution < 1.29 is 4.79 Å². The van der Waals surface area contributed by atoms with Gasteiger partial charge in [-0.3, -0.25) is 4.79 Å². The van der Waals surface area contributed by atoms with Crippen LogP contribution in [0, 0.1) is 51.8 Å². The Morgan fingerprint density at radius 2 is 1.83 bits per heavy atom. The number of ketones is 1. The van der Waals surface area contributed by atoms with Crippen LogP contribution in [0.25, 0.3) is 0 Å². The van der Waals surface area contributed by atoms with Gasteiger partial charge in [-0.2, -0.15) is 5.26 Å². The molecule has 0 bridgehead atoms. The number of carbonyl (C=O) groups excluding carboxylic acids is 1. The Bertz CT molecular complexity index is 563. The molecule has 4 fully saturated rings. The Balaban J connectivity index is 1.62. The largest absolute Gasteiger partial charge is 0.299 e. The molecule has 24 heavy (non-hydrogen) atoms. The molecule has 2 heteroatoms. The van der Waals surface area contributed by atoms with Crippen molar-refractivity contribution in [3.63, 3.8) is 0 Å². The minimum Gasteiger partial charge on any atom is -0.299 e. The van der Waals surface area contributed by atoms with Crippen LogP contribution in [0.1, 0.15) is 84.5 Å². The van der Waals surface area contributed by atoms with Crippen molar-refractivity contribution in [2.75, 3.05) is 0 Å². The van der Waals surface area contributed by atoms with Gasteiger partial charge in [0, 0.05) is 18.8 Å². The highest BCUT2D eigenvalue weighted by atomic mass is 16.1. The van der Waals surface area contributed by atoms with Crippen molar-refractivity contribution in [2.24, 2.45) is 40.4 Å².